The van der Waals surface area contributed by atoms with Gasteiger partial charge in [0.2, 0.25) is 0 Å². The first-order valence-electron chi connectivity index (χ1n) is 10.2. The summed E-state index contributed by atoms with van der Waals surface area (Å²) in [6, 6.07) is 23.1. The van der Waals surface area contributed by atoms with Gasteiger partial charge in [-0.2, -0.15) is 0 Å². The molecule has 6 nitrogen and oxygen atoms in total. The molecule has 3 heterocycles. The molecule has 30 heavy (non-hydrogen) atoms. The first-order valence-corrected chi connectivity index (χ1v) is 10.2. The lowest BCUT2D eigenvalue weighted by molar-refractivity contribution is 0.122. The Labute approximate surface area is 174 Å². The highest BCUT2D eigenvalue weighted by atomic mass is 16.5. The summed E-state index contributed by atoms with van der Waals surface area (Å²) in [7, 11) is 0. The lowest BCUT2D eigenvalue weighted by Crippen LogP contribution is -2.36. The Morgan fingerprint density at radius 3 is 1.70 bits per heavy atom. The van der Waals surface area contributed by atoms with Gasteiger partial charge in [0.25, 0.3) is 0 Å². The number of hydrogen-bond acceptors (Lipinski definition) is 4. The van der Waals surface area contributed by atoms with E-state index in [0.29, 0.717) is 0 Å². The van der Waals surface area contributed by atoms with Gasteiger partial charge in [0.15, 0.2) is 0 Å². The number of rotatable bonds is 3. The van der Waals surface area contributed by atoms with Gasteiger partial charge in [-0.1, -0.05) is 24.3 Å². The van der Waals surface area contributed by atoms with E-state index in [1.807, 2.05) is 36.9 Å². The van der Waals surface area contributed by atoms with Crippen molar-refractivity contribution in [3.8, 4) is 11.4 Å². The lowest BCUT2D eigenvalue weighted by Gasteiger charge is -2.29. The highest BCUT2D eigenvalue weighted by Crippen LogP contribution is 2.29. The third-order valence-electron chi connectivity index (χ3n) is 5.73. The molecule has 1 aliphatic heterocycles. The molecule has 148 valence electrons. The van der Waals surface area contributed by atoms with Crippen molar-refractivity contribution in [3.63, 3.8) is 0 Å². The summed E-state index contributed by atoms with van der Waals surface area (Å²) in [5, 5.41) is 0. The first kappa shape index (κ1) is 17.2. The molecule has 1 saturated heterocycles. The Morgan fingerprint density at radius 2 is 1.13 bits per heavy atom. The number of hydrogen-bond donors (Lipinski definition) is 0. The minimum atomic E-state index is 0.752. The molecule has 2 aromatic heterocycles. The highest BCUT2D eigenvalue weighted by molar-refractivity contribution is 5.80. The number of ether oxygens (including phenoxy) is 1. The van der Waals surface area contributed by atoms with Gasteiger partial charge in [0.05, 0.1) is 46.7 Å². The lowest BCUT2D eigenvalue weighted by atomic mass is 10.2. The molecule has 0 unspecified atom stereocenters. The quantitative estimate of drug-likeness (QED) is 0.459. The Balaban J connectivity index is 1.56. The highest BCUT2D eigenvalue weighted by Gasteiger charge is 2.16. The molecule has 0 radical (unpaired) electrons. The van der Waals surface area contributed by atoms with Crippen LogP contribution in [0.3, 0.4) is 0 Å². The maximum Gasteiger partial charge on any atom is 0.100 e. The molecule has 5 aromatic rings. The summed E-state index contributed by atoms with van der Waals surface area (Å²) in [5.41, 5.74) is 7.52. The Bertz CT molecular complexity index is 1250. The topological polar surface area (TPSA) is 48.1 Å². The first-order chi connectivity index (χ1) is 14.9. The fourth-order valence-corrected chi connectivity index (χ4v) is 4.19. The molecule has 0 bridgehead atoms. The number of fused-ring (bicyclic) bond motifs is 2. The van der Waals surface area contributed by atoms with Crippen LogP contribution in [0.15, 0.2) is 79.4 Å². The largest absolute Gasteiger partial charge is 0.378 e. The summed E-state index contributed by atoms with van der Waals surface area (Å²) in [5.74, 6) is 0. The molecule has 0 spiro atoms. The van der Waals surface area contributed by atoms with E-state index in [0.717, 1.165) is 59.7 Å². The minimum absolute atomic E-state index is 0.752. The molecule has 6 rings (SSSR count). The van der Waals surface area contributed by atoms with Crippen molar-refractivity contribution in [1.82, 2.24) is 19.1 Å². The zero-order valence-electron chi connectivity index (χ0n) is 16.5. The molecule has 1 aliphatic rings. The maximum atomic E-state index is 5.57. The van der Waals surface area contributed by atoms with Gasteiger partial charge in [0.1, 0.15) is 12.7 Å². The number of morpholine rings is 1. The number of imidazole rings is 2. The van der Waals surface area contributed by atoms with Crippen molar-refractivity contribution >= 4 is 27.8 Å². The van der Waals surface area contributed by atoms with Crippen molar-refractivity contribution in [2.75, 3.05) is 31.2 Å². The van der Waals surface area contributed by atoms with E-state index in [-0.39, 0.29) is 0 Å². The van der Waals surface area contributed by atoms with Crippen LogP contribution in [0.1, 0.15) is 0 Å². The molecule has 0 aliphatic carbocycles. The molecular weight excluding hydrogens is 374 g/mol. The Hall–Kier alpha value is -3.64. The predicted octanol–water partition coefficient (Wildman–Crippen LogP) is 4.20. The average molecular weight is 395 g/mol. The van der Waals surface area contributed by atoms with Crippen LogP contribution in [-0.4, -0.2) is 45.4 Å². The van der Waals surface area contributed by atoms with Crippen molar-refractivity contribution < 1.29 is 4.74 Å². The van der Waals surface area contributed by atoms with E-state index in [4.69, 9.17) is 4.74 Å². The molecular formula is C24H21N5O. The van der Waals surface area contributed by atoms with E-state index in [9.17, 15) is 0 Å². The van der Waals surface area contributed by atoms with Crippen molar-refractivity contribution in [1.29, 1.82) is 0 Å². The fraction of sp³-hybridized carbons (Fsp3) is 0.167. The second-order valence-corrected chi connectivity index (χ2v) is 7.51. The van der Waals surface area contributed by atoms with Crippen molar-refractivity contribution in [2.24, 2.45) is 0 Å². The van der Waals surface area contributed by atoms with Gasteiger partial charge in [0, 0.05) is 18.8 Å². The van der Waals surface area contributed by atoms with Gasteiger partial charge >= 0.3 is 0 Å². The van der Waals surface area contributed by atoms with E-state index in [2.05, 4.69) is 66.5 Å². The van der Waals surface area contributed by atoms with E-state index < -0.39 is 0 Å². The van der Waals surface area contributed by atoms with Crippen LogP contribution < -0.4 is 4.90 Å². The number of benzene rings is 3. The minimum Gasteiger partial charge on any atom is -0.378 e. The normalized spacial score (nSPS) is 14.6. The third kappa shape index (κ3) is 2.84. The van der Waals surface area contributed by atoms with Gasteiger partial charge in [-0.3, -0.25) is 9.13 Å². The molecule has 6 heteroatoms. The zero-order valence-corrected chi connectivity index (χ0v) is 16.5. The van der Waals surface area contributed by atoms with Crippen molar-refractivity contribution in [2.45, 2.75) is 0 Å². The summed E-state index contributed by atoms with van der Waals surface area (Å²) < 4.78 is 9.88. The molecule has 3 aromatic carbocycles. The van der Waals surface area contributed by atoms with Crippen LogP contribution in [0.2, 0.25) is 0 Å². The average Bonchev–Trinajstić information content (AvgIpc) is 3.44. The van der Waals surface area contributed by atoms with E-state index >= 15 is 0 Å². The standard InChI is InChI=1S/C24H21N5O/c1-3-7-23-21(5-1)25-16-28(23)19-13-18(27-9-11-30-12-10-27)14-20(15-19)29-17-26-22-6-2-4-8-24(22)29/h1-8,13-17H,9-12H2. The predicted molar refractivity (Wildman–Crippen MR) is 119 cm³/mol. The third-order valence-corrected chi connectivity index (χ3v) is 5.73. The summed E-state index contributed by atoms with van der Waals surface area (Å²) in [6.45, 7) is 3.28. The molecule has 1 fully saturated rings. The van der Waals surface area contributed by atoms with Crippen molar-refractivity contribution in [3.05, 3.63) is 79.4 Å². The maximum absolute atomic E-state index is 5.57. The number of para-hydroxylation sites is 4. The monoisotopic (exact) mass is 395 g/mol. The van der Waals surface area contributed by atoms with Crippen LogP contribution in [0.4, 0.5) is 5.69 Å². The second-order valence-electron chi connectivity index (χ2n) is 7.51. The second kappa shape index (κ2) is 7.00. The van der Waals surface area contributed by atoms with Gasteiger partial charge in [-0.05, 0) is 42.5 Å². The Morgan fingerprint density at radius 1 is 0.633 bits per heavy atom. The summed E-state index contributed by atoms with van der Waals surface area (Å²) in [6.07, 6.45) is 3.80. The van der Waals surface area contributed by atoms with Gasteiger partial charge in [-0.15, -0.1) is 0 Å². The van der Waals surface area contributed by atoms with Crippen LogP contribution in [0, 0.1) is 0 Å². The summed E-state index contributed by atoms with van der Waals surface area (Å²) in [4.78, 5) is 11.6. The molecule has 0 atom stereocenters. The SMILES string of the molecule is c1ccc2c(c1)ncn2-c1cc(N2CCOCC2)cc(-n2cnc3ccccc32)c1. The summed E-state index contributed by atoms with van der Waals surface area (Å²) >= 11 is 0. The number of aromatic nitrogens is 4. The van der Waals surface area contributed by atoms with Crippen LogP contribution >= 0.6 is 0 Å². The molecule has 0 saturated carbocycles. The molecule has 0 amide bonds. The van der Waals surface area contributed by atoms with Gasteiger partial charge < -0.3 is 9.64 Å². The van der Waals surface area contributed by atoms with Gasteiger partial charge in [-0.25, -0.2) is 9.97 Å². The number of nitrogens with zero attached hydrogens (tertiary/aromatic N) is 5. The van der Waals surface area contributed by atoms with Crippen LogP contribution in [-0.2, 0) is 4.74 Å². The zero-order chi connectivity index (χ0) is 19.9. The van der Waals surface area contributed by atoms with E-state index in [1.165, 1.54) is 5.69 Å². The number of anilines is 1. The Kier molecular flexibility index (Phi) is 4.02. The van der Waals surface area contributed by atoms with Crippen LogP contribution in [0.5, 0.6) is 0 Å². The fourth-order valence-electron chi connectivity index (χ4n) is 4.19. The van der Waals surface area contributed by atoms with E-state index in [1.54, 1.807) is 0 Å². The molecule has 0 N–H and O–H groups in total. The smallest absolute Gasteiger partial charge is 0.100 e. The van der Waals surface area contributed by atoms with Crippen LogP contribution in [0.25, 0.3) is 33.4 Å².